The first-order valence-electron chi connectivity index (χ1n) is 5.17. The average molecular weight is 284 g/mol. The Hall–Kier alpha value is 0.390. The first-order chi connectivity index (χ1) is 6.61. The van der Waals surface area contributed by atoms with E-state index in [0.717, 1.165) is 37.6 Å². The number of halogens is 1. The van der Waals surface area contributed by atoms with Crippen LogP contribution in [0.2, 0.25) is 0 Å². The van der Waals surface area contributed by atoms with Gasteiger partial charge < -0.3 is 0 Å². The van der Waals surface area contributed by atoms with E-state index in [1.807, 2.05) is 0 Å². The third-order valence-electron chi connectivity index (χ3n) is 2.72. The SMILES string of the molecule is CCS(=O)(=O)N1CCCC1CCCBr. The molecule has 0 spiro atoms. The van der Waals surface area contributed by atoms with Crippen molar-refractivity contribution < 1.29 is 8.42 Å². The summed E-state index contributed by atoms with van der Waals surface area (Å²) in [5, 5.41) is 0.962. The lowest BCUT2D eigenvalue weighted by Gasteiger charge is -2.23. The molecule has 1 heterocycles. The minimum absolute atomic E-state index is 0.234. The molecule has 0 aliphatic carbocycles. The van der Waals surface area contributed by atoms with Crippen LogP contribution in [0, 0.1) is 0 Å². The highest BCUT2D eigenvalue weighted by Gasteiger charge is 2.32. The summed E-state index contributed by atoms with van der Waals surface area (Å²) in [6.07, 6.45) is 4.10. The summed E-state index contributed by atoms with van der Waals surface area (Å²) < 4.78 is 25.1. The predicted molar refractivity (Wildman–Crippen MR) is 62.2 cm³/mol. The first kappa shape index (κ1) is 12.5. The van der Waals surface area contributed by atoms with E-state index in [9.17, 15) is 8.42 Å². The van der Waals surface area contributed by atoms with E-state index in [-0.39, 0.29) is 11.8 Å². The molecule has 0 bridgehead atoms. The van der Waals surface area contributed by atoms with Crippen LogP contribution in [0.15, 0.2) is 0 Å². The summed E-state index contributed by atoms with van der Waals surface area (Å²) in [7, 11) is -2.96. The number of hydrogen-bond donors (Lipinski definition) is 0. The Morgan fingerprint density at radius 2 is 2.21 bits per heavy atom. The van der Waals surface area contributed by atoms with Gasteiger partial charge >= 0.3 is 0 Å². The van der Waals surface area contributed by atoms with Crippen LogP contribution in [0.5, 0.6) is 0 Å². The summed E-state index contributed by atoms with van der Waals surface area (Å²) in [5.41, 5.74) is 0. The number of alkyl halides is 1. The van der Waals surface area contributed by atoms with E-state index in [1.165, 1.54) is 0 Å². The second kappa shape index (κ2) is 5.47. The molecular weight excluding hydrogens is 266 g/mol. The molecule has 3 nitrogen and oxygen atoms in total. The minimum Gasteiger partial charge on any atom is -0.212 e. The number of nitrogens with zero attached hydrogens (tertiary/aromatic N) is 1. The summed E-state index contributed by atoms with van der Waals surface area (Å²) in [6, 6.07) is 0.262. The summed E-state index contributed by atoms with van der Waals surface area (Å²) in [6.45, 7) is 2.44. The van der Waals surface area contributed by atoms with Crippen molar-refractivity contribution in [2.45, 2.75) is 38.6 Å². The lowest BCUT2D eigenvalue weighted by Crippen LogP contribution is -2.36. The predicted octanol–water partition coefficient (Wildman–Crippen LogP) is 1.98. The lowest BCUT2D eigenvalue weighted by atomic mass is 10.1. The topological polar surface area (TPSA) is 37.4 Å². The van der Waals surface area contributed by atoms with Gasteiger partial charge in [-0.2, -0.15) is 4.31 Å². The van der Waals surface area contributed by atoms with E-state index in [2.05, 4.69) is 15.9 Å². The Morgan fingerprint density at radius 3 is 2.79 bits per heavy atom. The largest absolute Gasteiger partial charge is 0.214 e. The van der Waals surface area contributed by atoms with Crippen molar-refractivity contribution in [1.82, 2.24) is 4.31 Å². The van der Waals surface area contributed by atoms with Crippen molar-refractivity contribution in [3.05, 3.63) is 0 Å². The van der Waals surface area contributed by atoms with Gasteiger partial charge in [0.05, 0.1) is 5.75 Å². The molecule has 1 atom stereocenters. The Kier molecular flexibility index (Phi) is 4.87. The quantitative estimate of drug-likeness (QED) is 0.724. The molecule has 84 valence electrons. The molecule has 5 heteroatoms. The van der Waals surface area contributed by atoms with E-state index in [1.54, 1.807) is 11.2 Å². The van der Waals surface area contributed by atoms with Crippen molar-refractivity contribution in [2.24, 2.45) is 0 Å². The van der Waals surface area contributed by atoms with Gasteiger partial charge in [0, 0.05) is 17.9 Å². The third kappa shape index (κ3) is 2.94. The number of sulfonamides is 1. The molecule has 1 fully saturated rings. The van der Waals surface area contributed by atoms with Gasteiger partial charge in [-0.15, -0.1) is 0 Å². The zero-order valence-electron chi connectivity index (χ0n) is 8.58. The second-order valence-electron chi connectivity index (χ2n) is 3.64. The lowest BCUT2D eigenvalue weighted by molar-refractivity contribution is 0.369. The van der Waals surface area contributed by atoms with Crippen molar-refractivity contribution >= 4 is 26.0 Å². The maximum absolute atomic E-state index is 11.7. The van der Waals surface area contributed by atoms with Crippen molar-refractivity contribution in [2.75, 3.05) is 17.6 Å². The van der Waals surface area contributed by atoms with Crippen molar-refractivity contribution in [1.29, 1.82) is 0 Å². The number of rotatable bonds is 5. The normalized spacial score (nSPS) is 24.3. The molecule has 1 rings (SSSR count). The van der Waals surface area contributed by atoms with Crippen LogP contribution in [0.3, 0.4) is 0 Å². The smallest absolute Gasteiger partial charge is 0.212 e. The molecule has 1 saturated heterocycles. The molecule has 1 aliphatic rings. The van der Waals surface area contributed by atoms with Crippen molar-refractivity contribution in [3.63, 3.8) is 0 Å². The van der Waals surface area contributed by atoms with Crippen LogP contribution >= 0.6 is 15.9 Å². The molecule has 0 aromatic carbocycles. The monoisotopic (exact) mass is 283 g/mol. The van der Waals surface area contributed by atoms with Gasteiger partial charge in [0.15, 0.2) is 0 Å². The summed E-state index contributed by atoms with van der Waals surface area (Å²) >= 11 is 3.38. The molecule has 0 aromatic rings. The van der Waals surface area contributed by atoms with Crippen molar-refractivity contribution in [3.8, 4) is 0 Å². The van der Waals surface area contributed by atoms with Gasteiger partial charge in [-0.05, 0) is 32.6 Å². The molecule has 0 N–H and O–H groups in total. The standard InChI is InChI=1S/C9H18BrNO2S/c1-2-14(12,13)11-8-4-6-9(11)5-3-7-10/h9H,2-8H2,1H3. The number of hydrogen-bond acceptors (Lipinski definition) is 2. The fraction of sp³-hybridized carbons (Fsp3) is 1.00. The maximum atomic E-state index is 11.7. The van der Waals surface area contributed by atoms with Crippen LogP contribution in [0.4, 0.5) is 0 Å². The van der Waals surface area contributed by atoms with Gasteiger partial charge in [0.1, 0.15) is 0 Å². The zero-order chi connectivity index (χ0) is 10.6. The fourth-order valence-corrected chi connectivity index (χ4v) is 3.67. The Balaban J connectivity index is 2.59. The third-order valence-corrected chi connectivity index (χ3v) is 5.20. The van der Waals surface area contributed by atoms with Crippen LogP contribution in [-0.2, 0) is 10.0 Å². The molecule has 14 heavy (non-hydrogen) atoms. The van der Waals surface area contributed by atoms with Gasteiger partial charge in [-0.1, -0.05) is 15.9 Å². The summed E-state index contributed by atoms with van der Waals surface area (Å²) in [5.74, 6) is 0.234. The molecule has 0 amide bonds. The van der Waals surface area contributed by atoms with E-state index in [4.69, 9.17) is 0 Å². The average Bonchev–Trinajstić information content (AvgIpc) is 2.63. The van der Waals surface area contributed by atoms with Gasteiger partial charge in [-0.3, -0.25) is 0 Å². The highest BCUT2D eigenvalue weighted by molar-refractivity contribution is 9.09. The molecule has 1 unspecified atom stereocenters. The highest BCUT2D eigenvalue weighted by Crippen LogP contribution is 2.24. The van der Waals surface area contributed by atoms with Crippen LogP contribution in [0.1, 0.15) is 32.6 Å². The second-order valence-corrected chi connectivity index (χ2v) is 6.64. The van der Waals surface area contributed by atoms with E-state index >= 15 is 0 Å². The Morgan fingerprint density at radius 1 is 1.50 bits per heavy atom. The van der Waals surface area contributed by atoms with Gasteiger partial charge in [-0.25, -0.2) is 8.42 Å². The fourth-order valence-electron chi connectivity index (χ4n) is 1.94. The maximum Gasteiger partial charge on any atom is 0.214 e. The molecule has 0 aromatic heterocycles. The van der Waals surface area contributed by atoms with Gasteiger partial charge in [0.2, 0.25) is 10.0 Å². The van der Waals surface area contributed by atoms with Gasteiger partial charge in [0.25, 0.3) is 0 Å². The Bertz CT molecular complexity index is 266. The molecule has 0 saturated carbocycles. The minimum atomic E-state index is -2.96. The van der Waals surface area contributed by atoms with Crippen LogP contribution in [0.25, 0.3) is 0 Å². The highest BCUT2D eigenvalue weighted by atomic mass is 79.9. The van der Waals surface area contributed by atoms with Crippen LogP contribution in [-0.4, -0.2) is 36.4 Å². The van der Waals surface area contributed by atoms with Crippen LogP contribution < -0.4 is 0 Å². The molecule has 0 radical (unpaired) electrons. The first-order valence-corrected chi connectivity index (χ1v) is 7.90. The van der Waals surface area contributed by atoms with E-state index < -0.39 is 10.0 Å². The van der Waals surface area contributed by atoms with E-state index in [0.29, 0.717) is 0 Å². The Labute approximate surface area is 95.0 Å². The zero-order valence-corrected chi connectivity index (χ0v) is 11.0. The molecule has 1 aliphatic heterocycles. The molecular formula is C9H18BrNO2S. The summed E-state index contributed by atoms with van der Waals surface area (Å²) in [4.78, 5) is 0.